The van der Waals surface area contributed by atoms with Crippen molar-refractivity contribution in [2.45, 2.75) is 57.8 Å². The number of thiophene rings is 1. The van der Waals surface area contributed by atoms with E-state index in [0.717, 1.165) is 55.9 Å². The van der Waals surface area contributed by atoms with Crippen molar-refractivity contribution in [3.05, 3.63) is 16.0 Å². The summed E-state index contributed by atoms with van der Waals surface area (Å²) < 4.78 is 0. The lowest BCUT2D eigenvalue weighted by molar-refractivity contribution is -0.127. The number of hydrogen-bond acceptors (Lipinski definition) is 3. The highest BCUT2D eigenvalue weighted by molar-refractivity contribution is 7.17. The van der Waals surface area contributed by atoms with Crippen LogP contribution in [0.1, 0.15) is 65.7 Å². The van der Waals surface area contributed by atoms with Gasteiger partial charge in [-0.15, -0.1) is 11.3 Å². The third-order valence-electron chi connectivity index (χ3n) is 7.05. The first-order chi connectivity index (χ1) is 11.6. The number of carboxylic acid groups (broad SMARTS) is 1. The van der Waals surface area contributed by atoms with E-state index in [1.165, 1.54) is 35.5 Å². The van der Waals surface area contributed by atoms with Gasteiger partial charge in [0.2, 0.25) is 5.91 Å². The van der Waals surface area contributed by atoms with Crippen LogP contribution in [0.5, 0.6) is 0 Å². The molecule has 1 aromatic heterocycles. The third kappa shape index (κ3) is 1.97. The molecule has 2 atom stereocenters. The molecule has 5 aliphatic rings. The van der Waals surface area contributed by atoms with E-state index >= 15 is 0 Å². The van der Waals surface area contributed by atoms with E-state index in [9.17, 15) is 14.7 Å². The standard InChI is InChI=1S/C19H23NO3S/c21-17(22)15-13-3-1-2-4-14(13)24-16(15)20-18(23)19-8-10-5-11(9-19)7-12(19)6-10/h10-12H,1-9H2,(H,20,23)(H,21,22). The summed E-state index contributed by atoms with van der Waals surface area (Å²) >= 11 is 1.51. The Bertz CT molecular complexity index is 723. The highest BCUT2D eigenvalue weighted by Gasteiger charge is 2.61. The van der Waals surface area contributed by atoms with Gasteiger partial charge in [0.25, 0.3) is 0 Å². The molecule has 0 radical (unpaired) electrons. The summed E-state index contributed by atoms with van der Waals surface area (Å²) in [5, 5.41) is 13.4. The van der Waals surface area contributed by atoms with Crippen LogP contribution in [0.3, 0.4) is 0 Å². The van der Waals surface area contributed by atoms with Crippen molar-refractivity contribution in [1.82, 2.24) is 0 Å². The lowest BCUT2D eigenvalue weighted by Gasteiger charge is -2.31. The number of carboxylic acids is 1. The highest BCUT2D eigenvalue weighted by Crippen LogP contribution is 2.65. The van der Waals surface area contributed by atoms with Crippen LogP contribution >= 0.6 is 11.3 Å². The quantitative estimate of drug-likeness (QED) is 0.867. The average Bonchev–Trinajstić information content (AvgIpc) is 3.11. The second kappa shape index (κ2) is 5.07. The molecule has 128 valence electrons. The maximum Gasteiger partial charge on any atom is 0.339 e. The smallest absolute Gasteiger partial charge is 0.339 e. The van der Waals surface area contributed by atoms with Gasteiger partial charge in [-0.1, -0.05) is 0 Å². The zero-order chi connectivity index (χ0) is 16.5. The van der Waals surface area contributed by atoms with Crippen molar-refractivity contribution < 1.29 is 14.7 Å². The van der Waals surface area contributed by atoms with E-state index in [-0.39, 0.29) is 11.3 Å². The largest absolute Gasteiger partial charge is 0.478 e. The van der Waals surface area contributed by atoms with Crippen LogP contribution in [0.25, 0.3) is 0 Å². The number of carbonyl (C=O) groups is 2. The molecule has 2 unspecified atom stereocenters. The Kier molecular flexibility index (Phi) is 3.16. The maximum atomic E-state index is 13.2. The zero-order valence-corrected chi connectivity index (χ0v) is 14.6. The fourth-order valence-electron chi connectivity index (χ4n) is 6.27. The topological polar surface area (TPSA) is 66.4 Å². The molecule has 2 N–H and O–H groups in total. The minimum absolute atomic E-state index is 0.110. The molecule has 5 aliphatic carbocycles. The Labute approximate surface area is 145 Å². The van der Waals surface area contributed by atoms with E-state index in [0.29, 0.717) is 16.5 Å². The first-order valence-corrected chi connectivity index (χ1v) is 10.1. The summed E-state index contributed by atoms with van der Waals surface area (Å²) in [4.78, 5) is 26.1. The molecule has 1 heterocycles. The molecule has 0 aromatic carbocycles. The van der Waals surface area contributed by atoms with Crippen molar-refractivity contribution in [1.29, 1.82) is 0 Å². The Morgan fingerprint density at radius 2 is 1.79 bits per heavy atom. The normalized spacial score (nSPS) is 35.9. The van der Waals surface area contributed by atoms with Gasteiger partial charge >= 0.3 is 5.97 Å². The molecule has 1 amide bonds. The number of amides is 1. The molecule has 0 spiro atoms. The molecule has 0 aliphatic heterocycles. The molecular weight excluding hydrogens is 322 g/mol. The van der Waals surface area contributed by atoms with Gasteiger partial charge in [0, 0.05) is 4.88 Å². The first kappa shape index (κ1) is 14.9. The van der Waals surface area contributed by atoms with Crippen molar-refractivity contribution in [3.63, 3.8) is 0 Å². The lowest BCUT2D eigenvalue weighted by Crippen LogP contribution is -2.37. The number of aryl methyl sites for hydroxylation is 1. The molecule has 24 heavy (non-hydrogen) atoms. The average molecular weight is 345 g/mol. The van der Waals surface area contributed by atoms with Crippen molar-refractivity contribution in [2.75, 3.05) is 5.32 Å². The van der Waals surface area contributed by atoms with Gasteiger partial charge in [-0.25, -0.2) is 4.79 Å². The van der Waals surface area contributed by atoms with Crippen LogP contribution in [0.15, 0.2) is 0 Å². The molecule has 1 aromatic rings. The number of rotatable bonds is 3. The van der Waals surface area contributed by atoms with Gasteiger partial charge in [0.1, 0.15) is 5.00 Å². The van der Waals surface area contributed by atoms with Crippen LogP contribution in [-0.2, 0) is 17.6 Å². The summed E-state index contributed by atoms with van der Waals surface area (Å²) in [7, 11) is 0. The molecular formula is C19H23NO3S. The molecule has 5 heteroatoms. The molecule has 6 rings (SSSR count). The number of hydrogen-bond donors (Lipinski definition) is 2. The maximum absolute atomic E-state index is 13.2. The van der Waals surface area contributed by atoms with Gasteiger partial charge in [-0.2, -0.15) is 0 Å². The fraction of sp³-hybridized carbons (Fsp3) is 0.684. The Balaban J connectivity index is 1.47. The summed E-state index contributed by atoms with van der Waals surface area (Å²) in [6, 6.07) is 0. The predicted octanol–water partition coefficient (Wildman–Crippen LogP) is 4.09. The summed E-state index contributed by atoms with van der Waals surface area (Å²) in [6.45, 7) is 0. The van der Waals surface area contributed by atoms with Crippen LogP contribution < -0.4 is 5.32 Å². The van der Waals surface area contributed by atoms with Gasteiger partial charge in [0.05, 0.1) is 11.0 Å². The number of nitrogens with one attached hydrogen (secondary N) is 1. The number of carbonyl (C=O) groups excluding carboxylic acids is 1. The van der Waals surface area contributed by atoms with Gasteiger partial charge in [-0.05, 0) is 81.1 Å². The van der Waals surface area contributed by atoms with Gasteiger partial charge < -0.3 is 10.4 Å². The SMILES string of the molecule is O=C(O)c1c(NC(=O)C23CC4CC(CC2C4)C3)sc2c1CCCC2. The Hall–Kier alpha value is -1.36. The Morgan fingerprint density at radius 3 is 2.50 bits per heavy atom. The second-order valence-corrected chi connectivity index (χ2v) is 9.48. The van der Waals surface area contributed by atoms with Crippen molar-refractivity contribution in [2.24, 2.45) is 23.2 Å². The van der Waals surface area contributed by atoms with Crippen LogP contribution in [0, 0.1) is 23.2 Å². The molecule has 0 saturated heterocycles. The molecule has 4 saturated carbocycles. The Morgan fingerprint density at radius 1 is 1.08 bits per heavy atom. The van der Waals surface area contributed by atoms with Crippen molar-refractivity contribution >= 4 is 28.2 Å². The summed E-state index contributed by atoms with van der Waals surface area (Å²) in [5.74, 6) is 1.20. The van der Waals surface area contributed by atoms with Crippen molar-refractivity contribution in [3.8, 4) is 0 Å². The highest BCUT2D eigenvalue weighted by atomic mass is 32.1. The molecule has 4 nitrogen and oxygen atoms in total. The van der Waals surface area contributed by atoms with E-state index in [1.807, 2.05) is 0 Å². The minimum atomic E-state index is -0.889. The summed E-state index contributed by atoms with van der Waals surface area (Å²) in [5.41, 5.74) is 1.15. The minimum Gasteiger partial charge on any atom is -0.478 e. The number of anilines is 1. The molecule has 4 bridgehead atoms. The zero-order valence-electron chi connectivity index (χ0n) is 13.8. The molecule has 4 fully saturated rings. The first-order valence-electron chi connectivity index (χ1n) is 9.26. The van der Waals surface area contributed by atoms with Gasteiger partial charge in [-0.3, -0.25) is 4.79 Å². The third-order valence-corrected chi connectivity index (χ3v) is 8.26. The lowest BCUT2D eigenvalue weighted by atomic mass is 9.75. The van der Waals surface area contributed by atoms with Crippen LogP contribution in [0.2, 0.25) is 0 Å². The van der Waals surface area contributed by atoms with E-state index < -0.39 is 5.97 Å². The second-order valence-electron chi connectivity index (χ2n) is 8.37. The predicted molar refractivity (Wildman–Crippen MR) is 92.5 cm³/mol. The van der Waals surface area contributed by atoms with Crippen LogP contribution in [-0.4, -0.2) is 17.0 Å². The number of fused-ring (bicyclic) bond motifs is 1. The van der Waals surface area contributed by atoms with Crippen LogP contribution in [0.4, 0.5) is 5.00 Å². The monoisotopic (exact) mass is 345 g/mol. The van der Waals surface area contributed by atoms with E-state index in [4.69, 9.17) is 0 Å². The summed E-state index contributed by atoms with van der Waals surface area (Å²) in [6.07, 6.45) is 9.71. The number of aromatic carboxylic acids is 1. The van der Waals surface area contributed by atoms with E-state index in [1.54, 1.807) is 0 Å². The fourth-order valence-corrected chi connectivity index (χ4v) is 7.55. The van der Waals surface area contributed by atoms with Gasteiger partial charge in [0.15, 0.2) is 0 Å². The van der Waals surface area contributed by atoms with E-state index in [2.05, 4.69) is 5.32 Å².